The van der Waals surface area contributed by atoms with Crippen molar-refractivity contribution in [1.82, 2.24) is 19.9 Å². The lowest BCUT2D eigenvalue weighted by atomic mass is 9.98. The molecule has 1 aliphatic heterocycles. The molecule has 0 bridgehead atoms. The van der Waals surface area contributed by atoms with Gasteiger partial charge in [-0.2, -0.15) is 13.2 Å². The number of amides is 2. The molecule has 1 saturated heterocycles. The number of Topliss-reactive ketones (excluding diaryl/α,β-unsaturated/α-hetero) is 1. The minimum atomic E-state index is -4.51. The van der Waals surface area contributed by atoms with E-state index in [9.17, 15) is 22.8 Å². The van der Waals surface area contributed by atoms with E-state index in [1.807, 2.05) is 13.8 Å². The lowest BCUT2D eigenvalue weighted by molar-refractivity contribution is -0.137. The molecule has 7 nitrogen and oxygen atoms in total. The Morgan fingerprint density at radius 1 is 1.21 bits per heavy atom. The zero-order valence-electron chi connectivity index (χ0n) is 18.5. The van der Waals surface area contributed by atoms with Crippen LogP contribution in [0.25, 0.3) is 0 Å². The molecule has 2 aliphatic rings. The Balaban J connectivity index is 1.48. The van der Waals surface area contributed by atoms with Crippen molar-refractivity contribution >= 4 is 17.8 Å². The average Bonchev–Trinajstić information content (AvgIpc) is 3.58. The van der Waals surface area contributed by atoms with Crippen LogP contribution >= 0.6 is 0 Å². The lowest BCUT2D eigenvalue weighted by Gasteiger charge is -2.26. The van der Waals surface area contributed by atoms with Crippen molar-refractivity contribution in [3.05, 3.63) is 47.5 Å². The fraction of sp³-hybridized carbons (Fsp3) is 0.522. The second kappa shape index (κ2) is 9.07. The molecule has 0 radical (unpaired) electrons. The Kier molecular flexibility index (Phi) is 6.36. The van der Waals surface area contributed by atoms with Gasteiger partial charge in [0.1, 0.15) is 0 Å². The van der Waals surface area contributed by atoms with Crippen LogP contribution in [0.2, 0.25) is 0 Å². The summed E-state index contributed by atoms with van der Waals surface area (Å²) in [5.41, 5.74) is 0.231. The summed E-state index contributed by atoms with van der Waals surface area (Å²) in [6.45, 7) is 4.16. The summed E-state index contributed by atoms with van der Waals surface area (Å²) in [6, 6.07) is 1.14. The number of hydrogen-bond donors (Lipinski definition) is 0. The van der Waals surface area contributed by atoms with E-state index in [0.29, 0.717) is 18.4 Å². The van der Waals surface area contributed by atoms with E-state index in [0.717, 1.165) is 43.2 Å². The molecule has 2 atom stereocenters. The largest absolute Gasteiger partial charge is 0.416 e. The van der Waals surface area contributed by atoms with Crippen LogP contribution in [0.15, 0.2) is 30.7 Å². The Hall–Kier alpha value is -3.04. The summed E-state index contributed by atoms with van der Waals surface area (Å²) in [4.78, 5) is 41.5. The van der Waals surface area contributed by atoms with Crippen LogP contribution in [-0.4, -0.2) is 50.8 Å². The van der Waals surface area contributed by atoms with Gasteiger partial charge in [-0.25, -0.2) is 14.8 Å². The normalized spacial score (nSPS) is 19.8. The Bertz CT molecular complexity index is 1020. The van der Waals surface area contributed by atoms with Crippen molar-refractivity contribution in [3.63, 3.8) is 0 Å². The van der Waals surface area contributed by atoms with Gasteiger partial charge in [-0.15, -0.1) is 0 Å². The van der Waals surface area contributed by atoms with Gasteiger partial charge in [0.2, 0.25) is 5.95 Å². The van der Waals surface area contributed by atoms with Gasteiger partial charge < -0.3 is 4.90 Å². The predicted molar refractivity (Wildman–Crippen MR) is 115 cm³/mol. The molecule has 176 valence electrons. The second-order valence-corrected chi connectivity index (χ2v) is 8.81. The quantitative estimate of drug-likeness (QED) is 0.588. The third kappa shape index (κ3) is 5.15. The van der Waals surface area contributed by atoms with Gasteiger partial charge in [-0.05, 0) is 42.4 Å². The van der Waals surface area contributed by atoms with Crippen LogP contribution in [-0.2, 0) is 17.4 Å². The number of nitrogens with zero attached hydrogens (tertiary/aromatic N) is 5. The Labute approximate surface area is 190 Å². The maximum atomic E-state index is 13.2. The SMILES string of the molecule is CC[C@H](C)[C@H]1CN(c2ncc(C3CC3)cn2)C(=O)N1CC(=O)Cc1cc(C(F)(F)F)ccn1. The molecule has 33 heavy (non-hydrogen) atoms. The van der Waals surface area contributed by atoms with E-state index in [-0.39, 0.29) is 42.4 Å². The first-order valence-electron chi connectivity index (χ1n) is 11.1. The van der Waals surface area contributed by atoms with Crippen LogP contribution in [0.5, 0.6) is 0 Å². The number of aromatic nitrogens is 3. The van der Waals surface area contributed by atoms with Crippen LogP contribution in [0.1, 0.15) is 55.8 Å². The first-order chi connectivity index (χ1) is 15.7. The van der Waals surface area contributed by atoms with Crippen LogP contribution in [0, 0.1) is 5.92 Å². The number of carbonyl (C=O) groups is 2. The van der Waals surface area contributed by atoms with E-state index < -0.39 is 11.7 Å². The second-order valence-electron chi connectivity index (χ2n) is 8.81. The summed E-state index contributed by atoms with van der Waals surface area (Å²) < 4.78 is 38.9. The van der Waals surface area contributed by atoms with E-state index in [2.05, 4.69) is 15.0 Å². The number of rotatable bonds is 8. The predicted octanol–water partition coefficient (Wildman–Crippen LogP) is 4.24. The molecule has 0 aromatic carbocycles. The molecule has 2 aromatic rings. The third-order valence-electron chi connectivity index (χ3n) is 6.36. The summed E-state index contributed by atoms with van der Waals surface area (Å²) >= 11 is 0. The van der Waals surface area contributed by atoms with Crippen LogP contribution < -0.4 is 4.90 Å². The highest BCUT2D eigenvalue weighted by atomic mass is 19.4. The number of urea groups is 1. The van der Waals surface area contributed by atoms with Crippen molar-refractivity contribution in [2.75, 3.05) is 18.0 Å². The van der Waals surface area contributed by atoms with E-state index in [1.54, 1.807) is 12.4 Å². The van der Waals surface area contributed by atoms with Gasteiger partial charge >= 0.3 is 12.2 Å². The van der Waals surface area contributed by atoms with E-state index >= 15 is 0 Å². The molecular formula is C23H26F3N5O2. The maximum absolute atomic E-state index is 13.2. The summed E-state index contributed by atoms with van der Waals surface area (Å²) in [5.74, 6) is 0.534. The number of alkyl halides is 3. The fourth-order valence-electron chi connectivity index (χ4n) is 4.07. The van der Waals surface area contributed by atoms with E-state index in [1.165, 1.54) is 9.80 Å². The molecule has 1 saturated carbocycles. The highest BCUT2D eigenvalue weighted by Crippen LogP contribution is 2.39. The molecular weight excluding hydrogens is 435 g/mol. The van der Waals surface area contributed by atoms with Crippen molar-refractivity contribution < 1.29 is 22.8 Å². The van der Waals surface area contributed by atoms with E-state index in [4.69, 9.17) is 0 Å². The number of ketones is 1. The molecule has 1 aliphatic carbocycles. The minimum Gasteiger partial charge on any atom is -0.312 e. The van der Waals surface area contributed by atoms with Gasteiger partial charge in [0, 0.05) is 24.3 Å². The standard InChI is InChI=1S/C23H26F3N5O2/c1-3-14(2)20-13-31(21-28-10-16(11-29-21)15-4-5-15)22(33)30(20)12-19(32)9-18-8-17(6-7-27-18)23(24,25)26/h6-8,10-11,14-15,20H,3-5,9,12-13H2,1-2H3/t14-,20+/m0/s1. The average molecular weight is 461 g/mol. The number of halogens is 3. The summed E-state index contributed by atoms with van der Waals surface area (Å²) in [6.07, 6.45) is 2.79. The molecule has 3 heterocycles. The highest BCUT2D eigenvalue weighted by Gasteiger charge is 2.42. The first kappa shape index (κ1) is 23.1. The van der Waals surface area contributed by atoms with Crippen molar-refractivity contribution in [2.24, 2.45) is 5.92 Å². The van der Waals surface area contributed by atoms with Crippen molar-refractivity contribution in [1.29, 1.82) is 0 Å². The molecule has 2 aromatic heterocycles. The molecule has 2 amide bonds. The monoisotopic (exact) mass is 461 g/mol. The summed E-state index contributed by atoms with van der Waals surface area (Å²) in [7, 11) is 0. The molecule has 0 N–H and O–H groups in total. The van der Waals surface area contributed by atoms with Gasteiger partial charge in [-0.1, -0.05) is 20.3 Å². The summed E-state index contributed by atoms with van der Waals surface area (Å²) in [5, 5.41) is 0. The zero-order valence-corrected chi connectivity index (χ0v) is 18.5. The molecule has 2 fully saturated rings. The number of anilines is 1. The minimum absolute atomic E-state index is 0.0254. The fourth-order valence-corrected chi connectivity index (χ4v) is 4.07. The topological polar surface area (TPSA) is 79.3 Å². The van der Waals surface area contributed by atoms with Crippen LogP contribution in [0.4, 0.5) is 23.9 Å². The molecule has 10 heteroatoms. The molecule has 0 spiro atoms. The number of pyridine rings is 1. The molecule has 4 rings (SSSR count). The van der Waals surface area contributed by atoms with Gasteiger partial charge in [-0.3, -0.25) is 14.7 Å². The smallest absolute Gasteiger partial charge is 0.312 e. The third-order valence-corrected chi connectivity index (χ3v) is 6.36. The number of hydrogen-bond acceptors (Lipinski definition) is 5. The van der Waals surface area contributed by atoms with Crippen LogP contribution in [0.3, 0.4) is 0 Å². The van der Waals surface area contributed by atoms with Gasteiger partial charge in [0.15, 0.2) is 5.78 Å². The highest BCUT2D eigenvalue weighted by molar-refractivity contribution is 5.96. The maximum Gasteiger partial charge on any atom is 0.416 e. The molecule has 0 unspecified atom stereocenters. The number of carbonyl (C=O) groups excluding carboxylic acids is 2. The Morgan fingerprint density at radius 3 is 2.52 bits per heavy atom. The zero-order chi connectivity index (χ0) is 23.8. The lowest BCUT2D eigenvalue weighted by Crippen LogP contribution is -2.42. The Morgan fingerprint density at radius 2 is 1.91 bits per heavy atom. The van der Waals surface area contributed by atoms with Gasteiger partial charge in [0.25, 0.3) is 0 Å². The van der Waals surface area contributed by atoms with Crippen molar-refractivity contribution in [2.45, 2.75) is 57.7 Å². The first-order valence-corrected chi connectivity index (χ1v) is 11.1. The van der Waals surface area contributed by atoms with Crippen molar-refractivity contribution in [3.8, 4) is 0 Å². The van der Waals surface area contributed by atoms with Gasteiger partial charge in [0.05, 0.1) is 31.1 Å².